The van der Waals surface area contributed by atoms with Crippen molar-refractivity contribution in [1.29, 1.82) is 0 Å². The van der Waals surface area contributed by atoms with E-state index in [0.717, 1.165) is 23.4 Å². The molecule has 24 heavy (non-hydrogen) atoms. The molecule has 4 rings (SSSR count). The van der Waals surface area contributed by atoms with Crippen LogP contribution in [0.4, 0.5) is 15.8 Å². The van der Waals surface area contributed by atoms with Crippen LogP contribution in [0.5, 0.6) is 0 Å². The normalized spacial score (nSPS) is 24.0. The number of hydrogen-bond donors (Lipinski definition) is 2. The van der Waals surface area contributed by atoms with Gasteiger partial charge in [0, 0.05) is 29.8 Å². The molecule has 0 bridgehead atoms. The van der Waals surface area contributed by atoms with Gasteiger partial charge in [0.05, 0.1) is 6.04 Å². The van der Waals surface area contributed by atoms with E-state index in [-0.39, 0.29) is 29.6 Å². The van der Waals surface area contributed by atoms with Crippen molar-refractivity contribution in [1.82, 2.24) is 0 Å². The largest absolute Gasteiger partial charge is 0.378 e. The minimum atomic E-state index is -0.168. The lowest BCUT2D eigenvalue weighted by atomic mass is 9.77. The summed E-state index contributed by atoms with van der Waals surface area (Å²) in [6.07, 6.45) is 5.29. The van der Waals surface area contributed by atoms with Gasteiger partial charge >= 0.3 is 0 Å². The van der Waals surface area contributed by atoms with Gasteiger partial charge in [-0.25, -0.2) is 4.39 Å². The molecule has 0 fully saturated rings. The highest BCUT2D eigenvalue weighted by atomic mass is 19.1. The molecule has 1 aliphatic heterocycles. The second-order valence-corrected chi connectivity index (χ2v) is 6.48. The van der Waals surface area contributed by atoms with E-state index in [1.54, 1.807) is 6.07 Å². The summed E-state index contributed by atoms with van der Waals surface area (Å²) in [5.41, 5.74) is 3.68. The van der Waals surface area contributed by atoms with E-state index in [9.17, 15) is 9.18 Å². The molecular weight excluding hydrogens is 303 g/mol. The quantitative estimate of drug-likeness (QED) is 0.793. The highest BCUT2D eigenvalue weighted by Gasteiger charge is 2.38. The number of nitrogens with one attached hydrogen (secondary N) is 2. The lowest BCUT2D eigenvalue weighted by molar-refractivity contribution is -0.114. The fourth-order valence-electron chi connectivity index (χ4n) is 3.91. The highest BCUT2D eigenvalue weighted by Crippen LogP contribution is 2.50. The van der Waals surface area contributed by atoms with E-state index in [1.807, 2.05) is 30.3 Å². The first-order chi connectivity index (χ1) is 11.6. The second-order valence-electron chi connectivity index (χ2n) is 6.48. The fourth-order valence-corrected chi connectivity index (χ4v) is 3.91. The van der Waals surface area contributed by atoms with Gasteiger partial charge in [-0.05, 0) is 42.2 Å². The van der Waals surface area contributed by atoms with Crippen LogP contribution in [0.25, 0.3) is 0 Å². The maximum absolute atomic E-state index is 14.3. The predicted octanol–water partition coefficient (Wildman–Crippen LogP) is 4.61. The van der Waals surface area contributed by atoms with E-state index in [4.69, 9.17) is 0 Å². The van der Waals surface area contributed by atoms with Crippen LogP contribution in [0, 0.1) is 11.7 Å². The van der Waals surface area contributed by atoms with E-state index in [2.05, 4.69) is 22.8 Å². The molecule has 2 aromatic rings. The number of hydrogen-bond acceptors (Lipinski definition) is 2. The lowest BCUT2D eigenvalue weighted by Gasteiger charge is -2.37. The molecule has 0 spiro atoms. The molecule has 0 aromatic heterocycles. The van der Waals surface area contributed by atoms with Crippen molar-refractivity contribution >= 4 is 17.3 Å². The number of amides is 1. The van der Waals surface area contributed by atoms with Crippen molar-refractivity contribution in [3.05, 3.63) is 71.6 Å². The molecule has 1 heterocycles. The summed E-state index contributed by atoms with van der Waals surface area (Å²) in [4.78, 5) is 11.3. The van der Waals surface area contributed by atoms with Crippen molar-refractivity contribution in [2.24, 2.45) is 5.92 Å². The van der Waals surface area contributed by atoms with E-state index in [0.29, 0.717) is 5.56 Å². The van der Waals surface area contributed by atoms with Crippen LogP contribution < -0.4 is 10.6 Å². The molecule has 1 aliphatic carbocycles. The van der Waals surface area contributed by atoms with Gasteiger partial charge in [0.25, 0.3) is 0 Å². The lowest BCUT2D eigenvalue weighted by Crippen LogP contribution is -2.29. The number of rotatable bonds is 2. The van der Waals surface area contributed by atoms with Crippen molar-refractivity contribution in [3.8, 4) is 0 Å². The standard InChI is InChI=1S/C20H19FN2O/c1-12(24)22-13-9-10-19-17(11-13)14-6-4-7-15(14)20(23-19)16-5-2-3-8-18(16)21/h2-6,8-11,14-15,20,23H,7H2,1H3,(H,22,24)/t14-,15-,20-/m1/s1. The molecule has 3 nitrogen and oxygen atoms in total. The molecular formula is C20H19FN2O. The number of carbonyl (C=O) groups excluding carboxylic acids is 1. The van der Waals surface area contributed by atoms with Gasteiger partial charge in [-0.3, -0.25) is 4.79 Å². The Hall–Kier alpha value is -2.62. The average Bonchev–Trinajstić information content (AvgIpc) is 3.04. The Morgan fingerprint density at radius 1 is 1.21 bits per heavy atom. The van der Waals surface area contributed by atoms with Gasteiger partial charge in [0.15, 0.2) is 0 Å². The SMILES string of the molecule is CC(=O)Nc1ccc2c(c1)[C@@H]1C=CC[C@H]1[C@H](c1ccccc1F)N2. The third-order valence-corrected chi connectivity index (χ3v) is 4.92. The highest BCUT2D eigenvalue weighted by molar-refractivity contribution is 5.89. The van der Waals surface area contributed by atoms with Crippen LogP contribution in [0.1, 0.15) is 36.4 Å². The summed E-state index contributed by atoms with van der Waals surface area (Å²) in [5, 5.41) is 6.35. The molecule has 4 heteroatoms. The number of allylic oxidation sites excluding steroid dienone is 2. The second kappa shape index (κ2) is 5.78. The number of fused-ring (bicyclic) bond motifs is 3. The van der Waals surface area contributed by atoms with Crippen molar-refractivity contribution in [3.63, 3.8) is 0 Å². The Kier molecular flexibility index (Phi) is 3.60. The van der Waals surface area contributed by atoms with Gasteiger partial charge in [-0.15, -0.1) is 0 Å². The number of anilines is 2. The topological polar surface area (TPSA) is 41.1 Å². The first-order valence-corrected chi connectivity index (χ1v) is 8.22. The van der Waals surface area contributed by atoms with Crippen LogP contribution in [0.15, 0.2) is 54.6 Å². The van der Waals surface area contributed by atoms with E-state index < -0.39 is 0 Å². The number of halogens is 1. The molecule has 2 N–H and O–H groups in total. The fraction of sp³-hybridized carbons (Fsp3) is 0.250. The summed E-state index contributed by atoms with van der Waals surface area (Å²) in [7, 11) is 0. The molecule has 2 aliphatic rings. The molecule has 122 valence electrons. The zero-order valence-corrected chi connectivity index (χ0v) is 13.4. The Morgan fingerprint density at radius 2 is 2.04 bits per heavy atom. The summed E-state index contributed by atoms with van der Waals surface area (Å²) in [5.74, 6) is 0.266. The van der Waals surface area contributed by atoms with Crippen LogP contribution in [-0.4, -0.2) is 5.91 Å². The van der Waals surface area contributed by atoms with Crippen LogP contribution in [-0.2, 0) is 4.79 Å². The number of benzene rings is 2. The molecule has 0 unspecified atom stereocenters. The molecule has 0 saturated heterocycles. The summed E-state index contributed by atoms with van der Waals surface area (Å²) >= 11 is 0. The third-order valence-electron chi connectivity index (χ3n) is 4.92. The average molecular weight is 322 g/mol. The van der Waals surface area contributed by atoms with Crippen molar-refractivity contribution in [2.75, 3.05) is 10.6 Å². The van der Waals surface area contributed by atoms with Gasteiger partial charge in [0.2, 0.25) is 5.91 Å². The number of carbonyl (C=O) groups is 1. The maximum atomic E-state index is 14.3. The zero-order valence-electron chi connectivity index (χ0n) is 13.4. The summed E-state index contributed by atoms with van der Waals surface area (Å²) < 4.78 is 14.3. The maximum Gasteiger partial charge on any atom is 0.221 e. The Morgan fingerprint density at radius 3 is 2.83 bits per heavy atom. The van der Waals surface area contributed by atoms with Gasteiger partial charge in [-0.2, -0.15) is 0 Å². The Bertz CT molecular complexity index is 830. The predicted molar refractivity (Wildman–Crippen MR) is 93.5 cm³/mol. The third kappa shape index (κ3) is 2.48. The first-order valence-electron chi connectivity index (χ1n) is 8.22. The molecule has 0 saturated carbocycles. The molecule has 3 atom stereocenters. The smallest absolute Gasteiger partial charge is 0.221 e. The first kappa shape index (κ1) is 14.9. The Labute approximate surface area is 140 Å². The molecule has 0 radical (unpaired) electrons. The van der Waals surface area contributed by atoms with Gasteiger partial charge in [-0.1, -0.05) is 30.4 Å². The van der Waals surface area contributed by atoms with Gasteiger partial charge < -0.3 is 10.6 Å². The van der Waals surface area contributed by atoms with E-state index in [1.165, 1.54) is 13.0 Å². The minimum absolute atomic E-state index is 0.0506. The van der Waals surface area contributed by atoms with Crippen molar-refractivity contribution in [2.45, 2.75) is 25.3 Å². The monoisotopic (exact) mass is 322 g/mol. The molecule has 2 aromatic carbocycles. The van der Waals surface area contributed by atoms with Crippen LogP contribution in [0.2, 0.25) is 0 Å². The van der Waals surface area contributed by atoms with Crippen LogP contribution >= 0.6 is 0 Å². The van der Waals surface area contributed by atoms with Gasteiger partial charge in [0.1, 0.15) is 5.82 Å². The van der Waals surface area contributed by atoms with Crippen LogP contribution in [0.3, 0.4) is 0 Å². The zero-order chi connectivity index (χ0) is 16.7. The summed E-state index contributed by atoms with van der Waals surface area (Å²) in [6, 6.07) is 12.8. The molecule has 1 amide bonds. The summed E-state index contributed by atoms with van der Waals surface area (Å²) in [6.45, 7) is 1.50. The minimum Gasteiger partial charge on any atom is -0.378 e. The van der Waals surface area contributed by atoms with Crippen molar-refractivity contribution < 1.29 is 9.18 Å². The Balaban J connectivity index is 1.75. The van der Waals surface area contributed by atoms with E-state index >= 15 is 0 Å².